The number of ether oxygens (including phenoxy) is 1. The lowest BCUT2D eigenvalue weighted by atomic mass is 9.87. The quantitative estimate of drug-likeness (QED) is 0.904. The minimum atomic E-state index is -1.15. The fraction of sp³-hybridized carbons (Fsp3) is 0.222. The number of carbonyl (C=O) groups excluding carboxylic acids is 1. The molecular weight excluding hydrogens is 313 g/mol. The molecule has 2 atom stereocenters. The zero-order valence-corrected chi connectivity index (χ0v) is 13.0. The number of carboxylic acid groups (broad SMARTS) is 1. The number of nitrogens with one attached hydrogen (secondary N) is 1. The molecule has 1 heterocycles. The molecule has 0 aliphatic carbocycles. The molecule has 0 unspecified atom stereocenters. The lowest BCUT2D eigenvalue weighted by molar-refractivity contribution is 0.0696. The summed E-state index contributed by atoms with van der Waals surface area (Å²) in [5.41, 5.74) is 1.40. The molecule has 2 N–H and O–H groups in total. The predicted molar refractivity (Wildman–Crippen MR) is 85.5 cm³/mol. The maximum atomic E-state index is 13.5. The highest BCUT2D eigenvalue weighted by Gasteiger charge is 2.39. The Labute approximate surface area is 138 Å². The minimum Gasteiger partial charge on any atom is -0.486 e. The Morgan fingerprint density at radius 1 is 1.25 bits per heavy atom. The highest BCUT2D eigenvalue weighted by molar-refractivity contribution is 6.00. The van der Waals surface area contributed by atoms with Crippen LogP contribution < -0.4 is 10.1 Å². The molecule has 1 amide bonds. The molecule has 0 aromatic heterocycles. The van der Waals surface area contributed by atoms with Gasteiger partial charge in [0.1, 0.15) is 18.5 Å². The van der Waals surface area contributed by atoms with Gasteiger partial charge in [-0.05, 0) is 17.7 Å². The molecular formula is C18H16FNO4. The van der Waals surface area contributed by atoms with E-state index in [0.29, 0.717) is 5.56 Å². The smallest absolute Gasteiger partial charge is 0.335 e. The van der Waals surface area contributed by atoms with Crippen molar-refractivity contribution in [1.82, 2.24) is 5.32 Å². The van der Waals surface area contributed by atoms with E-state index in [1.807, 2.05) is 30.3 Å². The summed E-state index contributed by atoms with van der Waals surface area (Å²) in [7, 11) is 1.44. The molecule has 124 valence electrons. The van der Waals surface area contributed by atoms with Crippen LogP contribution in [-0.2, 0) is 0 Å². The standard InChI is InChI=1S/C18H16FNO4/c1-20-17(21)13-8-11(18(22)23)7-12-15(10-5-3-2-4-6-10)14(9-19)24-16(12)13/h2-8,14-15H,9H2,1H3,(H,20,21)(H,22,23)/t14-,15+/m0/s1. The third-order valence-electron chi connectivity index (χ3n) is 4.12. The fourth-order valence-corrected chi connectivity index (χ4v) is 3.04. The number of hydrogen-bond acceptors (Lipinski definition) is 3. The molecule has 24 heavy (non-hydrogen) atoms. The van der Waals surface area contributed by atoms with E-state index < -0.39 is 30.6 Å². The van der Waals surface area contributed by atoms with Crippen LogP contribution >= 0.6 is 0 Å². The average molecular weight is 329 g/mol. The summed E-state index contributed by atoms with van der Waals surface area (Å²) in [6.07, 6.45) is -0.796. The first-order valence-electron chi connectivity index (χ1n) is 7.47. The van der Waals surface area contributed by atoms with E-state index in [0.717, 1.165) is 5.56 Å². The Bertz CT molecular complexity index is 791. The second-order valence-electron chi connectivity index (χ2n) is 5.53. The van der Waals surface area contributed by atoms with Crippen LogP contribution in [0.3, 0.4) is 0 Å². The van der Waals surface area contributed by atoms with E-state index in [1.54, 1.807) is 0 Å². The number of amides is 1. The first-order valence-corrected chi connectivity index (χ1v) is 7.47. The van der Waals surface area contributed by atoms with Gasteiger partial charge in [0.25, 0.3) is 5.91 Å². The van der Waals surface area contributed by atoms with Crippen LogP contribution in [0.1, 0.15) is 37.8 Å². The molecule has 0 bridgehead atoms. The second-order valence-corrected chi connectivity index (χ2v) is 5.53. The topological polar surface area (TPSA) is 75.6 Å². The highest BCUT2D eigenvalue weighted by atomic mass is 19.1. The summed E-state index contributed by atoms with van der Waals surface area (Å²) in [5.74, 6) is -1.84. The van der Waals surface area contributed by atoms with Gasteiger partial charge in [-0.1, -0.05) is 30.3 Å². The number of aromatic carboxylic acids is 1. The molecule has 0 radical (unpaired) electrons. The Kier molecular flexibility index (Phi) is 4.20. The van der Waals surface area contributed by atoms with Gasteiger partial charge in [-0.2, -0.15) is 0 Å². The van der Waals surface area contributed by atoms with Crippen LogP contribution in [0.5, 0.6) is 5.75 Å². The lowest BCUT2D eigenvalue weighted by Crippen LogP contribution is -2.22. The van der Waals surface area contributed by atoms with Crippen LogP contribution in [0.4, 0.5) is 4.39 Å². The van der Waals surface area contributed by atoms with Gasteiger partial charge < -0.3 is 15.2 Å². The van der Waals surface area contributed by atoms with E-state index in [-0.39, 0.29) is 16.9 Å². The highest BCUT2D eigenvalue weighted by Crippen LogP contribution is 2.45. The van der Waals surface area contributed by atoms with Gasteiger partial charge in [0.05, 0.1) is 17.0 Å². The van der Waals surface area contributed by atoms with Gasteiger partial charge in [0.2, 0.25) is 0 Å². The van der Waals surface area contributed by atoms with E-state index in [4.69, 9.17) is 4.74 Å². The fourth-order valence-electron chi connectivity index (χ4n) is 3.04. The van der Waals surface area contributed by atoms with Crippen LogP contribution in [0.25, 0.3) is 0 Å². The van der Waals surface area contributed by atoms with Crippen LogP contribution in [0, 0.1) is 0 Å². The summed E-state index contributed by atoms with van der Waals surface area (Å²) in [6, 6.07) is 11.9. The third-order valence-corrected chi connectivity index (χ3v) is 4.12. The Hall–Kier alpha value is -2.89. The number of rotatable bonds is 4. The van der Waals surface area contributed by atoms with Crippen molar-refractivity contribution < 1.29 is 23.8 Å². The van der Waals surface area contributed by atoms with Crippen molar-refractivity contribution >= 4 is 11.9 Å². The maximum Gasteiger partial charge on any atom is 0.335 e. The third kappa shape index (κ3) is 2.60. The van der Waals surface area contributed by atoms with Crippen molar-refractivity contribution in [3.05, 3.63) is 64.7 Å². The van der Waals surface area contributed by atoms with Crippen LogP contribution in [0.2, 0.25) is 0 Å². The molecule has 2 aromatic carbocycles. The summed E-state index contributed by atoms with van der Waals surface area (Å²) >= 11 is 0. The Morgan fingerprint density at radius 2 is 1.96 bits per heavy atom. The Morgan fingerprint density at radius 3 is 2.54 bits per heavy atom. The molecule has 0 spiro atoms. The van der Waals surface area contributed by atoms with E-state index >= 15 is 0 Å². The zero-order valence-electron chi connectivity index (χ0n) is 13.0. The first kappa shape index (κ1) is 16.0. The van der Waals surface area contributed by atoms with Gasteiger partial charge >= 0.3 is 5.97 Å². The molecule has 6 heteroatoms. The summed E-state index contributed by atoms with van der Waals surface area (Å²) in [4.78, 5) is 23.5. The minimum absolute atomic E-state index is 0.0311. The van der Waals surface area contributed by atoms with Gasteiger partial charge in [-0.15, -0.1) is 0 Å². The monoisotopic (exact) mass is 329 g/mol. The lowest BCUT2D eigenvalue weighted by Gasteiger charge is -2.16. The van der Waals surface area contributed by atoms with Crippen molar-refractivity contribution in [2.75, 3.05) is 13.7 Å². The molecule has 1 aliphatic heterocycles. The maximum absolute atomic E-state index is 13.5. The van der Waals surface area contributed by atoms with Crippen LogP contribution in [-0.4, -0.2) is 36.8 Å². The van der Waals surface area contributed by atoms with Gasteiger partial charge in [0, 0.05) is 12.6 Å². The van der Waals surface area contributed by atoms with Crippen molar-refractivity contribution in [1.29, 1.82) is 0 Å². The van der Waals surface area contributed by atoms with Gasteiger partial charge in [-0.25, -0.2) is 9.18 Å². The van der Waals surface area contributed by atoms with Crippen molar-refractivity contribution in [2.24, 2.45) is 0 Å². The molecule has 0 fully saturated rings. The molecule has 1 aliphatic rings. The number of fused-ring (bicyclic) bond motifs is 1. The largest absolute Gasteiger partial charge is 0.486 e. The first-order chi connectivity index (χ1) is 11.6. The molecule has 3 rings (SSSR count). The molecule has 5 nitrogen and oxygen atoms in total. The van der Waals surface area contributed by atoms with Gasteiger partial charge in [-0.3, -0.25) is 4.79 Å². The second kappa shape index (κ2) is 6.31. The van der Waals surface area contributed by atoms with Crippen LogP contribution in [0.15, 0.2) is 42.5 Å². The molecule has 0 saturated carbocycles. The zero-order chi connectivity index (χ0) is 17.3. The van der Waals surface area contributed by atoms with Crippen molar-refractivity contribution in [3.63, 3.8) is 0 Å². The predicted octanol–water partition coefficient (Wildman–Crippen LogP) is 2.61. The van der Waals surface area contributed by atoms with E-state index in [9.17, 15) is 19.1 Å². The number of halogens is 1. The molecule has 2 aromatic rings. The summed E-state index contributed by atoms with van der Waals surface area (Å²) in [6.45, 7) is -0.746. The molecule has 0 saturated heterocycles. The summed E-state index contributed by atoms with van der Waals surface area (Å²) in [5, 5.41) is 11.8. The normalized spacial score (nSPS) is 18.6. The SMILES string of the molecule is CNC(=O)c1cc(C(=O)O)cc2c1O[C@@H](CF)[C@@H]2c1ccccc1. The Balaban J connectivity index is 2.22. The summed E-state index contributed by atoms with van der Waals surface area (Å²) < 4.78 is 19.2. The number of hydrogen-bond donors (Lipinski definition) is 2. The number of carboxylic acids is 1. The van der Waals surface area contributed by atoms with Crippen molar-refractivity contribution in [3.8, 4) is 5.75 Å². The number of benzene rings is 2. The van der Waals surface area contributed by atoms with Gasteiger partial charge in [0.15, 0.2) is 0 Å². The van der Waals surface area contributed by atoms with Crippen molar-refractivity contribution in [2.45, 2.75) is 12.0 Å². The van der Waals surface area contributed by atoms with E-state index in [1.165, 1.54) is 19.2 Å². The average Bonchev–Trinajstić information content (AvgIpc) is 2.99. The van der Waals surface area contributed by atoms with E-state index in [2.05, 4.69) is 5.32 Å². The number of carbonyl (C=O) groups is 2. The number of alkyl halides is 1.